The zero-order valence-corrected chi connectivity index (χ0v) is 13.3. The molecule has 2 atom stereocenters. The maximum absolute atomic E-state index is 12.6. The lowest BCUT2D eigenvalue weighted by molar-refractivity contribution is -0.142. The third-order valence-corrected chi connectivity index (χ3v) is 5.05. The van der Waals surface area contributed by atoms with E-state index in [0.29, 0.717) is 13.1 Å². The normalized spacial score (nSPS) is 27.9. The summed E-state index contributed by atoms with van der Waals surface area (Å²) in [6, 6.07) is 0.264. The summed E-state index contributed by atoms with van der Waals surface area (Å²) in [4.78, 5) is 29.6. The molecule has 6 nitrogen and oxygen atoms in total. The average Bonchev–Trinajstić information content (AvgIpc) is 2.88. The monoisotopic (exact) mass is 297 g/mol. The molecular formula is C15H27N3O3. The zero-order chi connectivity index (χ0) is 15.6. The van der Waals surface area contributed by atoms with Crippen LogP contribution in [0, 0.1) is 11.8 Å². The van der Waals surface area contributed by atoms with Crippen LogP contribution in [0.1, 0.15) is 26.7 Å². The lowest BCUT2D eigenvalue weighted by atomic mass is 9.99. The van der Waals surface area contributed by atoms with Crippen molar-refractivity contribution < 1.29 is 14.7 Å². The van der Waals surface area contributed by atoms with Crippen molar-refractivity contribution in [3.8, 4) is 0 Å². The number of carbonyl (C=O) groups excluding carboxylic acids is 1. The molecule has 2 aliphatic rings. The Morgan fingerprint density at radius 3 is 2.33 bits per heavy atom. The molecule has 2 aliphatic heterocycles. The zero-order valence-electron chi connectivity index (χ0n) is 13.3. The number of carboxylic acids is 1. The van der Waals surface area contributed by atoms with Gasteiger partial charge in [-0.3, -0.25) is 4.79 Å². The summed E-state index contributed by atoms with van der Waals surface area (Å²) in [6.45, 7) is 8.09. The summed E-state index contributed by atoms with van der Waals surface area (Å²) in [5.41, 5.74) is 0. The molecule has 0 unspecified atom stereocenters. The Kier molecular flexibility index (Phi) is 5.08. The van der Waals surface area contributed by atoms with E-state index in [1.807, 2.05) is 18.9 Å². The predicted molar refractivity (Wildman–Crippen MR) is 80.2 cm³/mol. The van der Waals surface area contributed by atoms with E-state index in [0.717, 1.165) is 32.5 Å². The number of urea groups is 1. The molecule has 2 saturated heterocycles. The van der Waals surface area contributed by atoms with Gasteiger partial charge in [-0.05, 0) is 25.3 Å². The molecule has 1 N–H and O–H groups in total. The summed E-state index contributed by atoms with van der Waals surface area (Å²) in [5, 5.41) is 9.17. The number of carbonyl (C=O) groups is 2. The number of likely N-dealkylation sites (tertiary alicyclic amines) is 2. The SMILES string of the molecule is CCN1CCC(N(C)C(=O)N2C[C@@H](C)[C@H](C(=O)O)C2)CC1. The first-order chi connectivity index (χ1) is 9.93. The molecule has 0 aromatic carbocycles. The Bertz CT molecular complexity index is 394. The Morgan fingerprint density at radius 1 is 1.24 bits per heavy atom. The van der Waals surface area contributed by atoms with Crippen molar-refractivity contribution in [2.45, 2.75) is 32.7 Å². The molecule has 2 heterocycles. The summed E-state index contributed by atoms with van der Waals surface area (Å²) in [6.07, 6.45) is 2.00. The summed E-state index contributed by atoms with van der Waals surface area (Å²) in [5.74, 6) is -1.19. The summed E-state index contributed by atoms with van der Waals surface area (Å²) < 4.78 is 0. The Labute approximate surface area is 126 Å². The van der Waals surface area contributed by atoms with E-state index in [9.17, 15) is 9.59 Å². The highest BCUT2D eigenvalue weighted by molar-refractivity contribution is 5.77. The molecule has 2 rings (SSSR count). The number of hydrogen-bond donors (Lipinski definition) is 1. The van der Waals surface area contributed by atoms with E-state index >= 15 is 0 Å². The topological polar surface area (TPSA) is 64.1 Å². The Morgan fingerprint density at radius 2 is 1.86 bits per heavy atom. The van der Waals surface area contributed by atoms with E-state index in [4.69, 9.17) is 5.11 Å². The highest BCUT2D eigenvalue weighted by Crippen LogP contribution is 2.25. The lowest BCUT2D eigenvalue weighted by Crippen LogP contribution is -2.49. The Balaban J connectivity index is 1.90. The van der Waals surface area contributed by atoms with Gasteiger partial charge in [-0.25, -0.2) is 4.79 Å². The van der Waals surface area contributed by atoms with Crippen LogP contribution in [0.15, 0.2) is 0 Å². The highest BCUT2D eigenvalue weighted by atomic mass is 16.4. The van der Waals surface area contributed by atoms with Crippen LogP contribution >= 0.6 is 0 Å². The quantitative estimate of drug-likeness (QED) is 0.849. The fourth-order valence-electron chi connectivity index (χ4n) is 3.45. The predicted octanol–water partition coefficient (Wildman–Crippen LogP) is 1.17. The minimum atomic E-state index is -0.795. The van der Waals surface area contributed by atoms with E-state index in [1.165, 1.54) is 0 Å². The fourth-order valence-corrected chi connectivity index (χ4v) is 3.45. The van der Waals surface area contributed by atoms with Gasteiger partial charge in [-0.15, -0.1) is 0 Å². The van der Waals surface area contributed by atoms with Gasteiger partial charge in [-0.2, -0.15) is 0 Å². The van der Waals surface area contributed by atoms with Crippen LogP contribution in [0.5, 0.6) is 0 Å². The first-order valence-corrected chi connectivity index (χ1v) is 7.91. The standard InChI is InChI=1S/C15H27N3O3/c1-4-17-7-5-12(6-8-17)16(3)15(21)18-9-11(2)13(10-18)14(19)20/h11-13H,4-10H2,1-3H3,(H,19,20)/t11-,13-/m1/s1. The maximum Gasteiger partial charge on any atom is 0.320 e. The maximum atomic E-state index is 12.6. The average molecular weight is 297 g/mol. The molecule has 2 fully saturated rings. The van der Waals surface area contributed by atoms with Crippen molar-refractivity contribution in [1.29, 1.82) is 0 Å². The number of rotatable bonds is 3. The van der Waals surface area contributed by atoms with E-state index < -0.39 is 11.9 Å². The van der Waals surface area contributed by atoms with Gasteiger partial charge in [0.25, 0.3) is 0 Å². The van der Waals surface area contributed by atoms with E-state index in [-0.39, 0.29) is 18.0 Å². The van der Waals surface area contributed by atoms with Gasteiger partial charge in [0.15, 0.2) is 0 Å². The van der Waals surface area contributed by atoms with Gasteiger partial charge in [0.2, 0.25) is 0 Å². The molecular weight excluding hydrogens is 270 g/mol. The Hall–Kier alpha value is -1.30. The fraction of sp³-hybridized carbons (Fsp3) is 0.867. The second-order valence-electron chi connectivity index (χ2n) is 6.39. The van der Waals surface area contributed by atoms with Crippen molar-refractivity contribution in [2.75, 3.05) is 39.8 Å². The van der Waals surface area contributed by atoms with Crippen LogP contribution < -0.4 is 0 Å². The van der Waals surface area contributed by atoms with Crippen molar-refractivity contribution in [1.82, 2.24) is 14.7 Å². The molecule has 6 heteroatoms. The molecule has 0 bridgehead atoms. The minimum Gasteiger partial charge on any atom is -0.481 e. The number of aliphatic carboxylic acids is 1. The van der Waals surface area contributed by atoms with Gasteiger partial charge in [0.1, 0.15) is 0 Å². The summed E-state index contributed by atoms with van der Waals surface area (Å²) in [7, 11) is 1.85. The molecule has 21 heavy (non-hydrogen) atoms. The van der Waals surface area contributed by atoms with Gasteiger partial charge < -0.3 is 19.8 Å². The number of carboxylic acid groups (broad SMARTS) is 1. The van der Waals surface area contributed by atoms with Crippen LogP contribution in [-0.4, -0.2) is 77.6 Å². The van der Waals surface area contributed by atoms with Crippen molar-refractivity contribution >= 4 is 12.0 Å². The van der Waals surface area contributed by atoms with Crippen molar-refractivity contribution in [3.63, 3.8) is 0 Å². The van der Waals surface area contributed by atoms with Crippen molar-refractivity contribution in [3.05, 3.63) is 0 Å². The van der Waals surface area contributed by atoms with Crippen LogP contribution in [-0.2, 0) is 4.79 Å². The van der Waals surface area contributed by atoms with Gasteiger partial charge >= 0.3 is 12.0 Å². The largest absolute Gasteiger partial charge is 0.481 e. The second-order valence-corrected chi connectivity index (χ2v) is 6.39. The molecule has 2 amide bonds. The van der Waals surface area contributed by atoms with Gasteiger partial charge in [0, 0.05) is 39.3 Å². The molecule has 0 aromatic rings. The molecule has 0 spiro atoms. The van der Waals surface area contributed by atoms with E-state index in [2.05, 4.69) is 11.8 Å². The first kappa shape index (κ1) is 16.1. The molecule has 0 saturated carbocycles. The van der Waals surface area contributed by atoms with Gasteiger partial charge in [-0.1, -0.05) is 13.8 Å². The molecule has 0 aliphatic carbocycles. The summed E-state index contributed by atoms with van der Waals surface area (Å²) >= 11 is 0. The first-order valence-electron chi connectivity index (χ1n) is 7.91. The second kappa shape index (κ2) is 6.64. The minimum absolute atomic E-state index is 0.0134. The van der Waals surface area contributed by atoms with E-state index in [1.54, 1.807) is 4.90 Å². The third-order valence-electron chi connectivity index (χ3n) is 5.05. The number of amides is 2. The van der Waals surface area contributed by atoms with Crippen LogP contribution in [0.3, 0.4) is 0 Å². The molecule has 120 valence electrons. The van der Waals surface area contributed by atoms with Crippen LogP contribution in [0.2, 0.25) is 0 Å². The number of piperidine rings is 1. The smallest absolute Gasteiger partial charge is 0.320 e. The molecule has 0 radical (unpaired) electrons. The number of nitrogens with zero attached hydrogens (tertiary/aromatic N) is 3. The van der Waals surface area contributed by atoms with Gasteiger partial charge in [0.05, 0.1) is 5.92 Å². The molecule has 0 aromatic heterocycles. The van der Waals surface area contributed by atoms with Crippen LogP contribution in [0.4, 0.5) is 4.79 Å². The third kappa shape index (κ3) is 3.48. The lowest BCUT2D eigenvalue weighted by Gasteiger charge is -2.37. The highest BCUT2D eigenvalue weighted by Gasteiger charge is 2.39. The van der Waals surface area contributed by atoms with Crippen molar-refractivity contribution in [2.24, 2.45) is 11.8 Å². The van der Waals surface area contributed by atoms with Crippen LogP contribution in [0.25, 0.3) is 0 Å². The number of hydrogen-bond acceptors (Lipinski definition) is 3.